The maximum Gasteiger partial charge on any atom is 0.330 e. The summed E-state index contributed by atoms with van der Waals surface area (Å²) in [6, 6.07) is 10.5. The number of nitrogen functional groups attached to an aromatic ring is 1. The smallest absolute Gasteiger partial charge is 0.330 e. The van der Waals surface area contributed by atoms with Gasteiger partial charge in [-0.15, -0.1) is 0 Å². The zero-order valence-corrected chi connectivity index (χ0v) is 19.2. The summed E-state index contributed by atoms with van der Waals surface area (Å²) in [7, 11) is 0. The number of nitrogens with one attached hydrogen (secondary N) is 1. The molecule has 1 amide bonds. The fraction of sp³-hybridized carbons (Fsp3) is 0.542. The number of nitrogens with two attached hydrogens (primary N) is 1. The highest BCUT2D eigenvalue weighted by Gasteiger charge is 2.26. The normalized spacial score (nSPS) is 15.1. The molecule has 0 unspecified atom stereocenters. The molecule has 32 heavy (non-hydrogen) atoms. The van der Waals surface area contributed by atoms with Crippen LogP contribution < -0.4 is 21.9 Å². The Kier molecular flexibility index (Phi) is 8.27. The van der Waals surface area contributed by atoms with E-state index in [1.165, 1.54) is 15.0 Å². The monoisotopic (exact) mass is 441 g/mol. The number of carbonyl (C=O) groups excluding carboxylic acids is 1. The third-order valence-corrected chi connectivity index (χ3v) is 6.27. The molecule has 0 spiro atoms. The minimum atomic E-state index is -0.614. The van der Waals surface area contributed by atoms with E-state index in [0.29, 0.717) is 19.0 Å². The van der Waals surface area contributed by atoms with Crippen molar-refractivity contribution in [3.8, 4) is 0 Å². The summed E-state index contributed by atoms with van der Waals surface area (Å²) in [6.07, 6.45) is 4.79. The maximum atomic E-state index is 13.1. The van der Waals surface area contributed by atoms with Crippen LogP contribution in [0.25, 0.3) is 0 Å². The molecule has 0 saturated carbocycles. The number of rotatable bonds is 9. The second-order valence-electron chi connectivity index (χ2n) is 8.55. The fourth-order valence-corrected chi connectivity index (χ4v) is 4.41. The molecule has 1 aliphatic rings. The molecule has 2 heterocycles. The van der Waals surface area contributed by atoms with Crippen molar-refractivity contribution in [3.63, 3.8) is 0 Å². The predicted octanol–water partition coefficient (Wildman–Crippen LogP) is 2.23. The molecule has 1 aromatic heterocycles. The number of aromatic nitrogens is 2. The van der Waals surface area contributed by atoms with Crippen LogP contribution in [0.5, 0.6) is 0 Å². The van der Waals surface area contributed by atoms with Crippen LogP contribution in [0.3, 0.4) is 0 Å². The molecule has 174 valence electrons. The summed E-state index contributed by atoms with van der Waals surface area (Å²) in [5.74, 6) is 0.502. The lowest BCUT2D eigenvalue weighted by atomic mass is 9.90. The summed E-state index contributed by atoms with van der Waals surface area (Å²) in [5.41, 5.74) is 6.48. The van der Waals surface area contributed by atoms with Crippen molar-refractivity contribution in [1.82, 2.24) is 14.5 Å². The van der Waals surface area contributed by atoms with Gasteiger partial charge in [-0.2, -0.15) is 0 Å². The van der Waals surface area contributed by atoms with Crippen LogP contribution in [0.1, 0.15) is 45.1 Å². The zero-order chi connectivity index (χ0) is 23.1. The number of piperidine rings is 1. The van der Waals surface area contributed by atoms with E-state index in [4.69, 9.17) is 5.73 Å². The quantitative estimate of drug-likeness (QED) is 0.621. The predicted molar refractivity (Wildman–Crippen MR) is 128 cm³/mol. The molecule has 8 nitrogen and oxygen atoms in total. The average Bonchev–Trinajstić information content (AvgIpc) is 2.78. The lowest BCUT2D eigenvalue weighted by Crippen LogP contribution is -2.46. The molecular weight excluding hydrogens is 406 g/mol. The number of likely N-dealkylation sites (tertiary alicyclic amines) is 1. The van der Waals surface area contributed by atoms with Crippen LogP contribution in [0, 0.1) is 5.92 Å². The number of amides is 1. The molecule has 1 saturated heterocycles. The molecule has 0 atom stereocenters. The molecule has 0 aliphatic carbocycles. The average molecular weight is 442 g/mol. The first kappa shape index (κ1) is 23.8. The Morgan fingerprint density at radius 1 is 1.16 bits per heavy atom. The summed E-state index contributed by atoms with van der Waals surface area (Å²) < 4.78 is 1.35. The van der Waals surface area contributed by atoms with Crippen LogP contribution >= 0.6 is 0 Å². The van der Waals surface area contributed by atoms with Gasteiger partial charge in [0.15, 0.2) is 5.69 Å². The summed E-state index contributed by atoms with van der Waals surface area (Å²) in [6.45, 7) is 6.47. The first-order valence-corrected chi connectivity index (χ1v) is 11.6. The third kappa shape index (κ3) is 5.68. The van der Waals surface area contributed by atoms with Crippen LogP contribution in [0.4, 0.5) is 11.5 Å². The molecule has 1 aromatic carbocycles. The Hall–Kier alpha value is -2.87. The SMILES string of the molecule is CCCCn1c(N)c(N(CC)C(=O)CN2CCC(Cc3ccccc3)CC2)c(=O)[nH]c1=O. The minimum Gasteiger partial charge on any atom is -0.383 e. The number of H-pyrrole nitrogens is 1. The van der Waals surface area contributed by atoms with E-state index in [2.05, 4.69) is 34.1 Å². The van der Waals surface area contributed by atoms with E-state index in [-0.39, 0.29) is 24.0 Å². The summed E-state index contributed by atoms with van der Waals surface area (Å²) in [4.78, 5) is 43.7. The first-order chi connectivity index (χ1) is 15.4. The number of aromatic amines is 1. The zero-order valence-electron chi connectivity index (χ0n) is 19.2. The van der Waals surface area contributed by atoms with Gasteiger partial charge in [0.1, 0.15) is 5.82 Å². The fourth-order valence-electron chi connectivity index (χ4n) is 4.41. The van der Waals surface area contributed by atoms with Crippen molar-refractivity contribution in [1.29, 1.82) is 0 Å². The molecule has 0 radical (unpaired) electrons. The standard InChI is InChI=1S/C24H35N5O3/c1-3-5-13-29-22(25)21(23(31)26-24(29)32)28(4-2)20(30)17-27-14-11-19(12-15-27)16-18-9-7-6-8-10-18/h6-10,19H,3-5,11-17,25H2,1-2H3,(H,26,31,32). The Morgan fingerprint density at radius 2 is 1.84 bits per heavy atom. The van der Waals surface area contributed by atoms with Gasteiger partial charge in [0, 0.05) is 13.1 Å². The Morgan fingerprint density at radius 3 is 2.47 bits per heavy atom. The lowest BCUT2D eigenvalue weighted by Gasteiger charge is -2.33. The van der Waals surface area contributed by atoms with E-state index >= 15 is 0 Å². The third-order valence-electron chi connectivity index (χ3n) is 6.27. The second-order valence-corrected chi connectivity index (χ2v) is 8.55. The van der Waals surface area contributed by atoms with Crippen molar-refractivity contribution in [2.45, 2.75) is 52.5 Å². The van der Waals surface area contributed by atoms with Crippen molar-refractivity contribution in [3.05, 3.63) is 56.7 Å². The number of hydrogen-bond donors (Lipinski definition) is 2. The number of hydrogen-bond acceptors (Lipinski definition) is 5. The van der Waals surface area contributed by atoms with E-state index in [0.717, 1.165) is 45.2 Å². The van der Waals surface area contributed by atoms with Gasteiger partial charge in [-0.05, 0) is 57.2 Å². The molecule has 0 bridgehead atoms. The van der Waals surface area contributed by atoms with Gasteiger partial charge in [-0.25, -0.2) is 4.79 Å². The van der Waals surface area contributed by atoms with Gasteiger partial charge in [0.05, 0.1) is 6.54 Å². The molecule has 1 aliphatic heterocycles. The van der Waals surface area contributed by atoms with Gasteiger partial charge in [0.2, 0.25) is 5.91 Å². The van der Waals surface area contributed by atoms with Gasteiger partial charge >= 0.3 is 5.69 Å². The van der Waals surface area contributed by atoms with Crippen LogP contribution in [-0.4, -0.2) is 46.5 Å². The number of carbonyl (C=O) groups is 1. The van der Waals surface area contributed by atoms with Crippen LogP contribution in [0.15, 0.2) is 39.9 Å². The number of anilines is 2. The Labute approximate surface area is 189 Å². The second kappa shape index (κ2) is 11.1. The lowest BCUT2D eigenvalue weighted by molar-refractivity contribution is -0.120. The Balaban J connectivity index is 1.66. The van der Waals surface area contributed by atoms with Gasteiger partial charge in [-0.1, -0.05) is 43.7 Å². The van der Waals surface area contributed by atoms with Crippen LogP contribution in [-0.2, 0) is 17.8 Å². The maximum absolute atomic E-state index is 13.1. The summed E-state index contributed by atoms with van der Waals surface area (Å²) >= 11 is 0. The molecular formula is C24H35N5O3. The number of unbranched alkanes of at least 4 members (excludes halogenated alkanes) is 1. The number of likely N-dealkylation sites (N-methyl/N-ethyl adjacent to an activating group) is 1. The molecule has 3 N–H and O–H groups in total. The number of benzene rings is 1. The minimum absolute atomic E-state index is 0.0592. The van der Waals surface area contributed by atoms with Crippen molar-refractivity contribution in [2.75, 3.05) is 36.8 Å². The van der Waals surface area contributed by atoms with Crippen molar-refractivity contribution in [2.24, 2.45) is 5.92 Å². The molecule has 8 heteroatoms. The topological polar surface area (TPSA) is 104 Å². The number of nitrogens with zero attached hydrogens (tertiary/aromatic N) is 3. The summed E-state index contributed by atoms with van der Waals surface area (Å²) in [5, 5.41) is 0. The van der Waals surface area contributed by atoms with Crippen molar-refractivity contribution >= 4 is 17.4 Å². The Bertz CT molecular complexity index is 1010. The van der Waals surface area contributed by atoms with E-state index in [9.17, 15) is 14.4 Å². The highest BCUT2D eigenvalue weighted by molar-refractivity contribution is 5.96. The first-order valence-electron chi connectivity index (χ1n) is 11.6. The van der Waals surface area contributed by atoms with E-state index < -0.39 is 11.2 Å². The van der Waals surface area contributed by atoms with Crippen molar-refractivity contribution < 1.29 is 4.79 Å². The molecule has 2 aromatic rings. The highest BCUT2D eigenvalue weighted by Crippen LogP contribution is 2.22. The van der Waals surface area contributed by atoms with Gasteiger partial charge in [0.25, 0.3) is 5.56 Å². The van der Waals surface area contributed by atoms with Gasteiger partial charge < -0.3 is 10.6 Å². The molecule has 1 fully saturated rings. The largest absolute Gasteiger partial charge is 0.383 e. The highest BCUT2D eigenvalue weighted by atomic mass is 16.2. The van der Waals surface area contributed by atoms with E-state index in [1.807, 2.05) is 19.9 Å². The van der Waals surface area contributed by atoms with Crippen LogP contribution in [0.2, 0.25) is 0 Å². The molecule has 3 rings (SSSR count). The van der Waals surface area contributed by atoms with E-state index in [1.54, 1.807) is 0 Å². The van der Waals surface area contributed by atoms with Gasteiger partial charge in [-0.3, -0.25) is 24.0 Å².